The lowest BCUT2D eigenvalue weighted by Crippen LogP contribution is -2.54. The van der Waals surface area contributed by atoms with Crippen LogP contribution >= 0.6 is 24.0 Å². The molecule has 0 aromatic carbocycles. The highest BCUT2D eigenvalue weighted by Gasteiger charge is 2.47. The number of hydrogen-bond acceptors (Lipinski definition) is 7. The molecule has 37 heavy (non-hydrogen) atoms. The molecule has 2 N–H and O–H groups in total. The molecule has 1 amide bonds. The SMILES string of the molecule is COc1ccc2ncc(Cl)c(/C=C/C34CCC(NCc5ccc6c(n5)NC(=O)CO6)(CC3)CC4)c2n1.Cl. The fourth-order valence-electron chi connectivity index (χ4n) is 5.69. The van der Waals surface area contributed by atoms with E-state index in [4.69, 9.17) is 21.1 Å². The number of carbonyl (C=O) groups excluding carboxylic acids is 1. The predicted molar refractivity (Wildman–Crippen MR) is 145 cm³/mol. The molecule has 0 spiro atoms. The van der Waals surface area contributed by atoms with Gasteiger partial charge >= 0.3 is 0 Å². The van der Waals surface area contributed by atoms with Gasteiger partial charge in [0, 0.05) is 29.9 Å². The van der Waals surface area contributed by atoms with Crippen LogP contribution in [-0.4, -0.2) is 40.1 Å². The summed E-state index contributed by atoms with van der Waals surface area (Å²) in [6.07, 6.45) is 12.9. The van der Waals surface area contributed by atoms with Crippen molar-refractivity contribution in [3.05, 3.63) is 52.8 Å². The van der Waals surface area contributed by atoms with Crippen LogP contribution in [0.2, 0.25) is 5.02 Å². The summed E-state index contributed by atoms with van der Waals surface area (Å²) in [5.74, 6) is 1.51. The number of fused-ring (bicyclic) bond motifs is 5. The van der Waals surface area contributed by atoms with Gasteiger partial charge in [-0.05, 0) is 62.1 Å². The Labute approximate surface area is 226 Å². The second-order valence-corrected chi connectivity index (χ2v) is 10.5. The van der Waals surface area contributed by atoms with E-state index in [1.807, 2.05) is 24.3 Å². The summed E-state index contributed by atoms with van der Waals surface area (Å²) >= 11 is 6.55. The highest BCUT2D eigenvalue weighted by molar-refractivity contribution is 6.32. The van der Waals surface area contributed by atoms with E-state index in [1.54, 1.807) is 13.3 Å². The standard InChI is InChI=1S/C27H28ClN5O3.ClH/c1-35-23-5-3-20-24(33-23)18(19(28)15-29-20)6-7-26-8-11-27(12-9-26,13-10-26)30-14-17-2-4-21-25(31-17)32-22(34)16-36-21;/h2-7,15,30H,8-14,16H2,1H3,(H,31,32,34);1H/b7-6+;. The lowest BCUT2D eigenvalue weighted by molar-refractivity contribution is -0.118. The topological polar surface area (TPSA) is 98.3 Å². The monoisotopic (exact) mass is 541 g/mol. The Hall–Kier alpha value is -2.94. The third-order valence-electron chi connectivity index (χ3n) is 7.97. The first kappa shape index (κ1) is 25.7. The van der Waals surface area contributed by atoms with Gasteiger partial charge in [0.1, 0.15) is 5.52 Å². The number of aromatic nitrogens is 3. The van der Waals surface area contributed by atoms with Crippen molar-refractivity contribution < 1.29 is 14.3 Å². The van der Waals surface area contributed by atoms with Crippen LogP contribution < -0.4 is 20.1 Å². The fraction of sp³-hybridized carbons (Fsp3) is 0.407. The Morgan fingerprint density at radius 1 is 1.14 bits per heavy atom. The maximum Gasteiger partial charge on any atom is 0.263 e. The number of allylic oxidation sites excluding steroid dienone is 1. The van der Waals surface area contributed by atoms with E-state index in [1.165, 1.54) is 0 Å². The first-order valence-corrected chi connectivity index (χ1v) is 12.7. The van der Waals surface area contributed by atoms with Crippen LogP contribution in [0.5, 0.6) is 11.6 Å². The lowest BCUT2D eigenvalue weighted by atomic mass is 9.57. The zero-order valence-corrected chi connectivity index (χ0v) is 22.1. The average molecular weight is 542 g/mol. The van der Waals surface area contributed by atoms with Crippen LogP contribution in [0.1, 0.15) is 49.8 Å². The summed E-state index contributed by atoms with van der Waals surface area (Å²) < 4.78 is 10.7. The van der Waals surface area contributed by atoms with Crippen molar-refractivity contribution in [3.63, 3.8) is 0 Å². The van der Waals surface area contributed by atoms with Crippen LogP contribution in [0, 0.1) is 5.41 Å². The summed E-state index contributed by atoms with van der Waals surface area (Å²) in [6, 6.07) is 7.57. The fourth-order valence-corrected chi connectivity index (χ4v) is 5.89. The van der Waals surface area contributed by atoms with Crippen molar-refractivity contribution in [3.8, 4) is 11.6 Å². The molecule has 0 saturated heterocycles. The van der Waals surface area contributed by atoms with Gasteiger partial charge in [-0.3, -0.25) is 9.78 Å². The van der Waals surface area contributed by atoms with E-state index < -0.39 is 0 Å². The summed E-state index contributed by atoms with van der Waals surface area (Å²) in [7, 11) is 1.61. The molecule has 3 saturated carbocycles. The van der Waals surface area contributed by atoms with Crippen molar-refractivity contribution in [2.24, 2.45) is 5.41 Å². The third-order valence-corrected chi connectivity index (χ3v) is 8.27. The zero-order valence-electron chi connectivity index (χ0n) is 20.6. The molecule has 0 atom stereocenters. The van der Waals surface area contributed by atoms with Crippen LogP contribution in [0.3, 0.4) is 0 Å². The van der Waals surface area contributed by atoms with Crippen LogP contribution in [0.4, 0.5) is 5.82 Å². The number of nitrogens with one attached hydrogen (secondary N) is 2. The Balaban J connectivity index is 0.00000280. The number of nitrogens with zero attached hydrogens (tertiary/aromatic N) is 3. The second kappa shape index (κ2) is 10.1. The second-order valence-electron chi connectivity index (χ2n) is 10.1. The number of methoxy groups -OCH3 is 1. The molecule has 7 rings (SSSR count). The molecule has 10 heteroatoms. The van der Waals surface area contributed by atoms with E-state index >= 15 is 0 Å². The third kappa shape index (κ3) is 4.98. The van der Waals surface area contributed by atoms with E-state index in [2.05, 4.69) is 37.7 Å². The van der Waals surface area contributed by atoms with Gasteiger partial charge in [0.2, 0.25) is 5.88 Å². The predicted octanol–water partition coefficient (Wildman–Crippen LogP) is 5.34. The van der Waals surface area contributed by atoms with Gasteiger partial charge in [0.05, 0.1) is 23.3 Å². The van der Waals surface area contributed by atoms with Crippen LogP contribution in [0.15, 0.2) is 36.5 Å². The normalized spacial score (nSPS) is 24.3. The van der Waals surface area contributed by atoms with Crippen LogP contribution in [-0.2, 0) is 11.3 Å². The quantitative estimate of drug-likeness (QED) is 0.434. The molecular formula is C27H29Cl2N5O3. The minimum atomic E-state index is -0.168. The highest BCUT2D eigenvalue weighted by atomic mass is 35.5. The largest absolute Gasteiger partial charge is 0.481 e. The first-order valence-electron chi connectivity index (χ1n) is 12.3. The summed E-state index contributed by atoms with van der Waals surface area (Å²) in [5.41, 5.74) is 3.66. The molecule has 4 heterocycles. The molecule has 3 aliphatic carbocycles. The molecule has 194 valence electrons. The number of rotatable bonds is 6. The molecule has 3 fully saturated rings. The average Bonchev–Trinajstić information content (AvgIpc) is 2.92. The van der Waals surface area contributed by atoms with Gasteiger partial charge in [0.15, 0.2) is 18.2 Å². The molecule has 1 aliphatic heterocycles. The number of anilines is 1. The Morgan fingerprint density at radius 3 is 2.68 bits per heavy atom. The molecular weight excluding hydrogens is 513 g/mol. The van der Waals surface area contributed by atoms with Gasteiger partial charge in [-0.15, -0.1) is 12.4 Å². The van der Waals surface area contributed by atoms with Gasteiger partial charge in [-0.25, -0.2) is 9.97 Å². The van der Waals surface area contributed by atoms with Crippen molar-refractivity contribution in [1.82, 2.24) is 20.3 Å². The number of pyridine rings is 3. The minimum absolute atomic E-state index is 0. The molecule has 3 aromatic heterocycles. The minimum Gasteiger partial charge on any atom is -0.481 e. The van der Waals surface area contributed by atoms with Gasteiger partial charge < -0.3 is 20.1 Å². The van der Waals surface area contributed by atoms with Gasteiger partial charge in [-0.2, -0.15) is 0 Å². The summed E-state index contributed by atoms with van der Waals surface area (Å²) in [4.78, 5) is 25.2. The molecule has 0 unspecified atom stereocenters. The van der Waals surface area contributed by atoms with E-state index in [9.17, 15) is 4.79 Å². The van der Waals surface area contributed by atoms with Crippen molar-refractivity contribution in [2.75, 3.05) is 19.0 Å². The Morgan fingerprint density at radius 2 is 1.92 bits per heavy atom. The van der Waals surface area contributed by atoms with Crippen molar-refractivity contribution in [2.45, 2.75) is 50.6 Å². The number of hydrogen-bond donors (Lipinski definition) is 2. The van der Waals surface area contributed by atoms with E-state index in [0.29, 0.717) is 29.0 Å². The smallest absolute Gasteiger partial charge is 0.263 e. The first-order chi connectivity index (χ1) is 17.5. The number of halogens is 2. The van der Waals surface area contributed by atoms with Crippen molar-refractivity contribution >= 4 is 52.8 Å². The summed E-state index contributed by atoms with van der Waals surface area (Å²) in [6.45, 7) is 0.706. The number of amides is 1. The van der Waals surface area contributed by atoms with Crippen LogP contribution in [0.25, 0.3) is 17.1 Å². The number of ether oxygens (including phenoxy) is 2. The molecule has 4 aliphatic rings. The molecule has 8 nitrogen and oxygen atoms in total. The Bertz CT molecular complexity index is 1360. The lowest BCUT2D eigenvalue weighted by Gasteiger charge is -2.53. The van der Waals surface area contributed by atoms with Crippen molar-refractivity contribution in [1.29, 1.82) is 0 Å². The molecule has 3 aromatic rings. The molecule has 2 bridgehead atoms. The van der Waals surface area contributed by atoms with Gasteiger partial charge in [-0.1, -0.05) is 23.8 Å². The maximum absolute atomic E-state index is 11.6. The highest BCUT2D eigenvalue weighted by Crippen LogP contribution is 2.53. The Kier molecular flexibility index (Phi) is 7.00. The maximum atomic E-state index is 11.6. The van der Waals surface area contributed by atoms with Gasteiger partial charge in [0.25, 0.3) is 5.91 Å². The number of carbonyl (C=O) groups is 1. The summed E-state index contributed by atoms with van der Waals surface area (Å²) in [5, 5.41) is 7.18. The van der Waals surface area contributed by atoms with E-state index in [0.717, 1.165) is 60.8 Å². The van der Waals surface area contributed by atoms with E-state index in [-0.39, 0.29) is 35.9 Å². The zero-order chi connectivity index (χ0) is 24.8. The molecule has 0 radical (unpaired) electrons.